The summed E-state index contributed by atoms with van der Waals surface area (Å²) in [4.78, 5) is 30.1. The van der Waals surface area contributed by atoms with Crippen molar-refractivity contribution >= 4 is 34.3 Å². The zero-order valence-corrected chi connectivity index (χ0v) is 13.6. The molecule has 0 aliphatic heterocycles. The van der Waals surface area contributed by atoms with Crippen molar-refractivity contribution in [1.29, 1.82) is 0 Å². The van der Waals surface area contributed by atoms with Crippen molar-refractivity contribution in [1.82, 2.24) is 21.0 Å². The van der Waals surface area contributed by atoms with Crippen LogP contribution in [0.2, 0.25) is 0 Å². The molecule has 3 rings (SSSR count). The fourth-order valence-electron chi connectivity index (χ4n) is 2.20. The number of thiophene rings is 1. The third-order valence-corrected chi connectivity index (χ3v) is 4.24. The Kier molecular flexibility index (Phi) is 3.83. The molecule has 2 amide bonds. The van der Waals surface area contributed by atoms with E-state index >= 15 is 0 Å². The van der Waals surface area contributed by atoms with Gasteiger partial charge in [0.15, 0.2) is 0 Å². The van der Waals surface area contributed by atoms with Crippen molar-refractivity contribution in [3.05, 3.63) is 44.9 Å². The molecule has 0 fully saturated rings. The fraction of sp³-hybridized carbons (Fsp3) is 0.200. The number of nitrogens with zero attached hydrogens (tertiary/aromatic N) is 2. The predicted molar refractivity (Wildman–Crippen MR) is 85.3 cm³/mol. The average Bonchev–Trinajstić information content (AvgIpc) is 3.10. The lowest BCUT2D eigenvalue weighted by atomic mass is 10.1. The molecule has 0 saturated carbocycles. The Hall–Kier alpha value is -2.74. The number of hydrazine groups is 1. The number of carbonyl (C=O) groups is 2. The molecular formula is C15H14N4O3S. The molecule has 0 aliphatic carbocycles. The molecule has 0 spiro atoms. The van der Waals surface area contributed by atoms with Crippen molar-refractivity contribution in [2.45, 2.75) is 20.8 Å². The van der Waals surface area contributed by atoms with Gasteiger partial charge in [0.1, 0.15) is 0 Å². The Balaban J connectivity index is 1.81. The highest BCUT2D eigenvalue weighted by atomic mass is 32.1. The van der Waals surface area contributed by atoms with Crippen LogP contribution in [0.5, 0.6) is 0 Å². The Morgan fingerprint density at radius 1 is 1.13 bits per heavy atom. The second-order valence-corrected chi connectivity index (χ2v) is 6.37. The molecule has 8 heteroatoms. The van der Waals surface area contributed by atoms with Crippen LogP contribution in [0, 0.1) is 20.8 Å². The van der Waals surface area contributed by atoms with Crippen LogP contribution in [0.4, 0.5) is 0 Å². The van der Waals surface area contributed by atoms with Crippen molar-refractivity contribution < 1.29 is 14.1 Å². The van der Waals surface area contributed by atoms with Gasteiger partial charge in [0.25, 0.3) is 17.5 Å². The molecule has 3 aromatic heterocycles. The van der Waals surface area contributed by atoms with Gasteiger partial charge in [-0.2, -0.15) is 0 Å². The van der Waals surface area contributed by atoms with Gasteiger partial charge in [-0.15, -0.1) is 11.3 Å². The first-order chi connectivity index (χ1) is 11.0. The highest BCUT2D eigenvalue weighted by Crippen LogP contribution is 2.21. The van der Waals surface area contributed by atoms with E-state index in [9.17, 15) is 9.59 Å². The molecule has 3 heterocycles. The van der Waals surface area contributed by atoms with E-state index in [4.69, 9.17) is 4.52 Å². The third-order valence-electron chi connectivity index (χ3n) is 3.24. The number of hydrogen-bond donors (Lipinski definition) is 2. The number of aromatic nitrogens is 2. The molecule has 0 bridgehead atoms. The van der Waals surface area contributed by atoms with Crippen molar-refractivity contribution in [2.75, 3.05) is 0 Å². The van der Waals surface area contributed by atoms with Gasteiger partial charge in [0.05, 0.1) is 21.5 Å². The van der Waals surface area contributed by atoms with Gasteiger partial charge >= 0.3 is 0 Å². The Morgan fingerprint density at radius 2 is 1.87 bits per heavy atom. The highest BCUT2D eigenvalue weighted by Gasteiger charge is 2.18. The first kappa shape index (κ1) is 15.2. The first-order valence-electron chi connectivity index (χ1n) is 6.86. The minimum atomic E-state index is -0.451. The molecule has 0 aromatic carbocycles. The molecule has 0 aliphatic rings. The summed E-state index contributed by atoms with van der Waals surface area (Å²) in [6.07, 6.45) is 0. The van der Waals surface area contributed by atoms with Crippen LogP contribution in [-0.2, 0) is 0 Å². The number of carbonyl (C=O) groups excluding carboxylic acids is 2. The Morgan fingerprint density at radius 3 is 2.57 bits per heavy atom. The third kappa shape index (κ3) is 2.93. The maximum atomic E-state index is 12.4. The number of pyridine rings is 1. The maximum Gasteiger partial charge on any atom is 0.279 e. The molecule has 0 saturated heterocycles. The maximum absolute atomic E-state index is 12.4. The zero-order chi connectivity index (χ0) is 16.6. The molecule has 0 atom stereocenters. The standard InChI is InChI=1S/C15H14N4O3S/c1-7-6-10(12-9(3)19-22-15(12)16-7)13(20)17-18-14(21)11-5-4-8(2)23-11/h4-6H,1-3H3,(H,17,20)(H,18,21). The summed E-state index contributed by atoms with van der Waals surface area (Å²) >= 11 is 1.35. The molecule has 23 heavy (non-hydrogen) atoms. The minimum Gasteiger partial charge on any atom is -0.336 e. The smallest absolute Gasteiger partial charge is 0.279 e. The summed E-state index contributed by atoms with van der Waals surface area (Å²) in [5.74, 6) is -0.811. The van der Waals surface area contributed by atoms with Crippen LogP contribution in [0.15, 0.2) is 22.7 Å². The predicted octanol–water partition coefficient (Wildman–Crippen LogP) is 2.28. The Labute approximate surface area is 135 Å². The van der Waals surface area contributed by atoms with Crippen molar-refractivity contribution in [3.63, 3.8) is 0 Å². The molecule has 0 radical (unpaired) electrons. The van der Waals surface area contributed by atoms with Crippen LogP contribution in [-0.4, -0.2) is 22.0 Å². The molecule has 2 N–H and O–H groups in total. The minimum absolute atomic E-state index is 0.299. The SMILES string of the molecule is Cc1cc(C(=O)NNC(=O)c2ccc(C)s2)c2c(C)noc2n1. The Bertz CT molecular complexity index is 913. The van der Waals surface area contributed by atoms with Crippen LogP contribution in [0.3, 0.4) is 0 Å². The average molecular weight is 330 g/mol. The summed E-state index contributed by atoms with van der Waals surface area (Å²) in [5, 5.41) is 4.36. The van der Waals surface area contributed by atoms with Crippen molar-refractivity contribution in [2.24, 2.45) is 0 Å². The van der Waals surface area contributed by atoms with E-state index in [1.54, 1.807) is 26.0 Å². The monoisotopic (exact) mass is 330 g/mol. The van der Waals surface area contributed by atoms with Gasteiger partial charge in [0, 0.05) is 10.6 Å². The van der Waals surface area contributed by atoms with Crippen LogP contribution < -0.4 is 10.9 Å². The van der Waals surface area contributed by atoms with E-state index in [0.29, 0.717) is 32.9 Å². The summed E-state index contributed by atoms with van der Waals surface area (Å²) in [5.41, 5.74) is 6.67. The number of fused-ring (bicyclic) bond motifs is 1. The molecule has 3 aromatic rings. The topological polar surface area (TPSA) is 97.1 Å². The lowest BCUT2D eigenvalue weighted by Gasteiger charge is -2.07. The largest absolute Gasteiger partial charge is 0.336 e. The first-order valence-corrected chi connectivity index (χ1v) is 7.68. The number of amides is 2. The van der Waals surface area contributed by atoms with E-state index in [2.05, 4.69) is 21.0 Å². The van der Waals surface area contributed by atoms with E-state index in [1.807, 2.05) is 13.0 Å². The van der Waals surface area contributed by atoms with Crippen LogP contribution >= 0.6 is 11.3 Å². The number of rotatable bonds is 2. The van der Waals surface area contributed by atoms with Crippen molar-refractivity contribution in [3.8, 4) is 0 Å². The lowest BCUT2D eigenvalue weighted by molar-refractivity contribution is 0.0849. The lowest BCUT2D eigenvalue weighted by Crippen LogP contribution is -2.41. The summed E-state index contributed by atoms with van der Waals surface area (Å²) in [7, 11) is 0. The fourth-order valence-corrected chi connectivity index (χ4v) is 2.96. The van der Waals surface area contributed by atoms with Gasteiger partial charge in [-0.05, 0) is 39.0 Å². The van der Waals surface area contributed by atoms with E-state index in [1.165, 1.54) is 11.3 Å². The quantitative estimate of drug-likeness (QED) is 0.703. The van der Waals surface area contributed by atoms with Crippen LogP contribution in [0.1, 0.15) is 36.3 Å². The van der Waals surface area contributed by atoms with E-state index in [0.717, 1.165) is 4.88 Å². The van der Waals surface area contributed by atoms with E-state index in [-0.39, 0.29) is 5.91 Å². The second kappa shape index (κ2) is 5.81. The van der Waals surface area contributed by atoms with Gasteiger partial charge < -0.3 is 4.52 Å². The number of hydrogen-bond acceptors (Lipinski definition) is 6. The number of aryl methyl sites for hydroxylation is 3. The molecule has 118 valence electrons. The van der Waals surface area contributed by atoms with Gasteiger partial charge in [-0.25, -0.2) is 4.98 Å². The van der Waals surface area contributed by atoms with Gasteiger partial charge in [-0.1, -0.05) is 5.16 Å². The number of nitrogens with one attached hydrogen (secondary N) is 2. The summed E-state index contributed by atoms with van der Waals surface area (Å²) in [6, 6.07) is 5.18. The van der Waals surface area contributed by atoms with Gasteiger partial charge in [0.2, 0.25) is 0 Å². The van der Waals surface area contributed by atoms with Gasteiger partial charge in [-0.3, -0.25) is 20.4 Å². The highest BCUT2D eigenvalue weighted by molar-refractivity contribution is 7.13. The molecule has 7 nitrogen and oxygen atoms in total. The molecule has 0 unspecified atom stereocenters. The summed E-state index contributed by atoms with van der Waals surface area (Å²) < 4.78 is 5.09. The second-order valence-electron chi connectivity index (χ2n) is 5.08. The molecular weight excluding hydrogens is 316 g/mol. The summed E-state index contributed by atoms with van der Waals surface area (Å²) in [6.45, 7) is 5.39. The van der Waals surface area contributed by atoms with Crippen LogP contribution in [0.25, 0.3) is 11.1 Å². The normalized spacial score (nSPS) is 10.7. The van der Waals surface area contributed by atoms with E-state index < -0.39 is 5.91 Å². The zero-order valence-electron chi connectivity index (χ0n) is 12.8.